The fraction of sp³-hybridized carbons (Fsp3) is 0.600. The van der Waals surface area contributed by atoms with E-state index in [4.69, 9.17) is 0 Å². The largest absolute Gasteiger partial charge is 0.134 e. The highest BCUT2D eigenvalue weighted by molar-refractivity contribution is 7.17. The monoisotopic (exact) mass is 240 g/mol. The maximum atomic E-state index is 3.73. The Morgan fingerprint density at radius 3 is 2.19 bits per heavy atom. The molecule has 1 rings (SSSR count). The third-order valence-electron chi connectivity index (χ3n) is 2.35. The molecule has 94 valence electrons. The first-order valence-electron chi connectivity index (χ1n) is 6.50. The van der Waals surface area contributed by atoms with Crippen molar-refractivity contribution in [3.63, 3.8) is 0 Å². The summed E-state index contributed by atoms with van der Waals surface area (Å²) in [7, 11) is 2.92. The molecule has 0 aromatic carbocycles. The average molecular weight is 240 g/mol. The van der Waals surface area contributed by atoms with E-state index in [1.54, 1.807) is 0 Å². The second-order valence-corrected chi connectivity index (χ2v) is 4.19. The van der Waals surface area contributed by atoms with Crippen LogP contribution in [0.4, 0.5) is 0 Å². The minimum absolute atomic E-state index is 0.776. The highest BCUT2D eigenvalue weighted by Crippen LogP contribution is 2.32. The fourth-order valence-electron chi connectivity index (χ4n) is 1.65. The smallest absolute Gasteiger partial charge is 0.0216 e. The van der Waals surface area contributed by atoms with E-state index in [1.807, 2.05) is 33.8 Å². The van der Waals surface area contributed by atoms with E-state index in [2.05, 4.69) is 34.9 Å². The molecule has 1 fully saturated rings. The molecule has 2 unspecified atom stereocenters. The van der Waals surface area contributed by atoms with Crippen LogP contribution in [0.5, 0.6) is 0 Å². The lowest BCUT2D eigenvalue weighted by Gasteiger charge is -2.23. The molecule has 0 heterocycles. The van der Waals surface area contributed by atoms with Gasteiger partial charge in [-0.3, -0.25) is 0 Å². The summed E-state index contributed by atoms with van der Waals surface area (Å²) in [4.78, 5) is 0. The fourth-order valence-corrected chi connectivity index (χ4v) is 2.07. The second kappa shape index (κ2) is 12.7. The standard InChI is InChI=1S/C11H17P.2C2H6/c1-3-5-10-6-7-11(12)8-9(10)4-2;2*1-2/h3-5,11H,1,6-8,12H2,2H3;2*1-2H3/b9-4-,10-5-;;. The van der Waals surface area contributed by atoms with Gasteiger partial charge in [-0.2, -0.15) is 0 Å². The van der Waals surface area contributed by atoms with Gasteiger partial charge in [0.05, 0.1) is 0 Å². The van der Waals surface area contributed by atoms with Gasteiger partial charge in [0.15, 0.2) is 0 Å². The lowest BCUT2D eigenvalue weighted by molar-refractivity contribution is 0.695. The van der Waals surface area contributed by atoms with Crippen LogP contribution in [-0.4, -0.2) is 5.66 Å². The van der Waals surface area contributed by atoms with E-state index in [0.29, 0.717) is 0 Å². The summed E-state index contributed by atoms with van der Waals surface area (Å²) in [6.45, 7) is 13.9. The Morgan fingerprint density at radius 2 is 1.75 bits per heavy atom. The lowest BCUT2D eigenvalue weighted by atomic mass is 9.89. The third kappa shape index (κ3) is 7.01. The van der Waals surface area contributed by atoms with E-state index < -0.39 is 0 Å². The predicted molar refractivity (Wildman–Crippen MR) is 82.1 cm³/mol. The molecule has 0 aromatic rings. The first-order valence-corrected chi connectivity index (χ1v) is 7.17. The van der Waals surface area contributed by atoms with Crippen molar-refractivity contribution in [3.8, 4) is 0 Å². The van der Waals surface area contributed by atoms with Crippen molar-refractivity contribution in [2.45, 2.75) is 59.5 Å². The van der Waals surface area contributed by atoms with Crippen molar-refractivity contribution in [3.05, 3.63) is 36.0 Å². The number of allylic oxidation sites excluding steroid dienone is 5. The first kappa shape index (κ1) is 18.0. The molecule has 0 amide bonds. The van der Waals surface area contributed by atoms with Crippen LogP contribution < -0.4 is 0 Å². The summed E-state index contributed by atoms with van der Waals surface area (Å²) in [6.07, 6.45) is 9.97. The Labute approximate surface area is 105 Å². The molecule has 0 aromatic heterocycles. The van der Waals surface area contributed by atoms with Crippen LogP contribution in [0.1, 0.15) is 53.9 Å². The second-order valence-electron chi connectivity index (χ2n) is 3.24. The van der Waals surface area contributed by atoms with Crippen molar-refractivity contribution >= 4 is 9.24 Å². The molecule has 0 nitrogen and oxygen atoms in total. The van der Waals surface area contributed by atoms with Crippen LogP contribution in [0.3, 0.4) is 0 Å². The maximum absolute atomic E-state index is 3.73. The highest BCUT2D eigenvalue weighted by Gasteiger charge is 2.15. The third-order valence-corrected chi connectivity index (χ3v) is 2.92. The molecule has 16 heavy (non-hydrogen) atoms. The zero-order valence-corrected chi connectivity index (χ0v) is 12.9. The molecule has 0 radical (unpaired) electrons. The van der Waals surface area contributed by atoms with Crippen molar-refractivity contribution in [2.24, 2.45) is 0 Å². The van der Waals surface area contributed by atoms with Crippen LogP contribution in [0.15, 0.2) is 36.0 Å². The van der Waals surface area contributed by atoms with Gasteiger partial charge in [-0.15, -0.1) is 9.24 Å². The molecular weight excluding hydrogens is 211 g/mol. The first-order chi connectivity index (χ1) is 7.77. The van der Waals surface area contributed by atoms with Crippen LogP contribution in [0.25, 0.3) is 0 Å². The summed E-state index contributed by atoms with van der Waals surface area (Å²) >= 11 is 0. The summed E-state index contributed by atoms with van der Waals surface area (Å²) in [5, 5.41) is 0. The van der Waals surface area contributed by atoms with Gasteiger partial charge in [-0.05, 0) is 43.0 Å². The zero-order valence-electron chi connectivity index (χ0n) is 11.7. The minimum Gasteiger partial charge on any atom is -0.134 e. The van der Waals surface area contributed by atoms with Crippen LogP contribution in [0.2, 0.25) is 0 Å². The lowest BCUT2D eigenvalue weighted by Crippen LogP contribution is -2.09. The van der Waals surface area contributed by atoms with Crippen molar-refractivity contribution < 1.29 is 0 Å². The van der Waals surface area contributed by atoms with Crippen LogP contribution >= 0.6 is 9.24 Å². The summed E-state index contributed by atoms with van der Waals surface area (Å²) < 4.78 is 0. The van der Waals surface area contributed by atoms with Gasteiger partial charge in [0, 0.05) is 0 Å². The van der Waals surface area contributed by atoms with E-state index in [9.17, 15) is 0 Å². The molecule has 1 saturated carbocycles. The molecule has 0 spiro atoms. The molecule has 1 aliphatic carbocycles. The Balaban J connectivity index is 0. The van der Waals surface area contributed by atoms with Gasteiger partial charge < -0.3 is 0 Å². The summed E-state index contributed by atoms with van der Waals surface area (Å²) in [5.74, 6) is 0. The van der Waals surface area contributed by atoms with E-state index in [1.165, 1.54) is 30.4 Å². The number of hydrogen-bond acceptors (Lipinski definition) is 0. The average Bonchev–Trinajstić information content (AvgIpc) is 2.36. The molecule has 0 aliphatic heterocycles. The molecule has 0 N–H and O–H groups in total. The van der Waals surface area contributed by atoms with Crippen molar-refractivity contribution in [2.75, 3.05) is 0 Å². The van der Waals surface area contributed by atoms with Gasteiger partial charge in [-0.1, -0.05) is 52.5 Å². The molecule has 1 aliphatic rings. The van der Waals surface area contributed by atoms with Crippen LogP contribution in [0, 0.1) is 0 Å². The van der Waals surface area contributed by atoms with Crippen molar-refractivity contribution in [1.29, 1.82) is 0 Å². The molecule has 0 saturated heterocycles. The van der Waals surface area contributed by atoms with E-state index >= 15 is 0 Å². The number of rotatable bonds is 1. The quantitative estimate of drug-likeness (QED) is 0.529. The maximum Gasteiger partial charge on any atom is -0.0216 e. The molecule has 0 bridgehead atoms. The summed E-state index contributed by atoms with van der Waals surface area (Å²) in [6, 6.07) is 0. The van der Waals surface area contributed by atoms with Crippen LogP contribution in [-0.2, 0) is 0 Å². The normalized spacial score (nSPS) is 24.0. The topological polar surface area (TPSA) is 0 Å². The number of hydrogen-bond donors (Lipinski definition) is 0. The van der Waals surface area contributed by atoms with Gasteiger partial charge in [-0.25, -0.2) is 0 Å². The Kier molecular flexibility index (Phi) is 14.3. The van der Waals surface area contributed by atoms with Gasteiger partial charge in [0.25, 0.3) is 0 Å². The van der Waals surface area contributed by atoms with E-state index in [0.717, 1.165) is 5.66 Å². The van der Waals surface area contributed by atoms with E-state index in [-0.39, 0.29) is 0 Å². The van der Waals surface area contributed by atoms with Gasteiger partial charge in [0.2, 0.25) is 0 Å². The minimum atomic E-state index is 0.776. The van der Waals surface area contributed by atoms with Gasteiger partial charge in [0.1, 0.15) is 0 Å². The molecule has 1 heteroatoms. The summed E-state index contributed by atoms with van der Waals surface area (Å²) in [5.41, 5.74) is 3.76. The Bertz CT molecular complexity index is 224. The zero-order chi connectivity index (χ0) is 13.0. The molecular formula is C15H29P. The van der Waals surface area contributed by atoms with Gasteiger partial charge >= 0.3 is 0 Å². The Morgan fingerprint density at radius 1 is 1.19 bits per heavy atom. The highest BCUT2D eigenvalue weighted by atomic mass is 31.0. The SMILES string of the molecule is C=C/C=C1/CCC(P)C/C1=C/C.CC.CC. The van der Waals surface area contributed by atoms with Crippen molar-refractivity contribution in [1.82, 2.24) is 0 Å². The molecule has 2 atom stereocenters. The Hall–Kier alpha value is -0.350. The predicted octanol–water partition coefficient (Wildman–Crippen LogP) is 5.53.